The maximum Gasteiger partial charge on any atom is 0.472 e. The summed E-state index contributed by atoms with van der Waals surface area (Å²) in [4.78, 5) is 37.6. The highest BCUT2D eigenvalue weighted by molar-refractivity contribution is 7.47. The van der Waals surface area contributed by atoms with Gasteiger partial charge in [-0.15, -0.1) is 0 Å². The Balaban J connectivity index is 1.68. The zero-order valence-corrected chi connectivity index (χ0v) is 50.3. The highest BCUT2D eigenvalue weighted by Crippen LogP contribution is 2.49. The fraction of sp³-hybridized carbons (Fsp3) is 0.966. The average Bonchev–Trinajstić information content (AvgIpc) is 3.54. The molecule has 24 heteroatoms. The molecule has 82 heavy (non-hydrogen) atoms. The molecule has 3 fully saturated rings. The number of phosphoric acid groups is 1. The molecule has 0 radical (unpaired) electrons. The largest absolute Gasteiger partial charge is 0.472 e. The molecule has 2 heterocycles. The summed E-state index contributed by atoms with van der Waals surface area (Å²) in [5.41, 5.74) is 0. The second kappa shape index (κ2) is 42.4. The quantitative estimate of drug-likeness (QED) is 0.0212. The molecule has 0 aromatic rings. The van der Waals surface area contributed by atoms with Crippen molar-refractivity contribution in [2.45, 2.75) is 324 Å². The number of carbonyl (C=O) groups is 2. The molecule has 2 aliphatic heterocycles. The van der Waals surface area contributed by atoms with Crippen LogP contribution in [0, 0.1) is 5.92 Å². The van der Waals surface area contributed by atoms with Crippen LogP contribution in [0.1, 0.15) is 220 Å². The van der Waals surface area contributed by atoms with Crippen molar-refractivity contribution >= 4 is 19.8 Å². The molecule has 0 aromatic carbocycles. The topological polar surface area (TPSA) is 368 Å². The molecule has 23 nitrogen and oxygen atoms in total. The molecule has 484 valence electrons. The molecule has 17 unspecified atom stereocenters. The zero-order chi connectivity index (χ0) is 60.5. The van der Waals surface area contributed by atoms with Gasteiger partial charge in [0.2, 0.25) is 0 Å². The second-order valence-electron chi connectivity index (χ2n) is 23.2. The number of aliphatic hydroxyl groups excluding tert-OH is 11. The van der Waals surface area contributed by atoms with Gasteiger partial charge in [0.15, 0.2) is 18.7 Å². The van der Waals surface area contributed by atoms with Gasteiger partial charge in [-0.2, -0.15) is 0 Å². The van der Waals surface area contributed by atoms with Crippen LogP contribution in [0.15, 0.2) is 0 Å². The van der Waals surface area contributed by atoms with Gasteiger partial charge in [0.05, 0.1) is 19.8 Å². The van der Waals surface area contributed by atoms with Crippen LogP contribution >= 0.6 is 7.82 Å². The van der Waals surface area contributed by atoms with Crippen molar-refractivity contribution in [1.82, 2.24) is 0 Å². The van der Waals surface area contributed by atoms with Crippen LogP contribution in [-0.2, 0) is 51.6 Å². The number of unbranched alkanes of at least 4 members (excludes halogenated alkanes) is 24. The molecular formula is C58H109O23P. The summed E-state index contributed by atoms with van der Waals surface area (Å²) in [5, 5.41) is 117. The Hall–Kier alpha value is -1.55. The molecule has 1 saturated carbocycles. The van der Waals surface area contributed by atoms with Crippen LogP contribution in [-0.4, -0.2) is 204 Å². The fourth-order valence-corrected chi connectivity index (χ4v) is 11.7. The third kappa shape index (κ3) is 27.7. The molecule has 3 aliphatic rings. The summed E-state index contributed by atoms with van der Waals surface area (Å²) in [6.45, 7) is 3.36. The van der Waals surface area contributed by atoms with Gasteiger partial charge in [0.1, 0.15) is 92.1 Å². The van der Waals surface area contributed by atoms with Crippen molar-refractivity contribution in [3.05, 3.63) is 0 Å². The fourth-order valence-electron chi connectivity index (χ4n) is 10.8. The number of ether oxygens (including phenoxy) is 6. The van der Waals surface area contributed by atoms with Crippen LogP contribution in [0.3, 0.4) is 0 Å². The van der Waals surface area contributed by atoms with Crippen molar-refractivity contribution < 1.29 is 113 Å². The van der Waals surface area contributed by atoms with E-state index in [0.29, 0.717) is 18.8 Å². The Morgan fingerprint density at radius 1 is 0.451 bits per heavy atom. The Bertz CT molecular complexity index is 1650. The number of rotatable bonds is 46. The molecule has 0 amide bonds. The number of hydrogen-bond acceptors (Lipinski definition) is 22. The number of aliphatic hydroxyl groups is 11. The summed E-state index contributed by atoms with van der Waals surface area (Å²) in [6, 6.07) is 0. The highest BCUT2D eigenvalue weighted by atomic mass is 31.2. The summed E-state index contributed by atoms with van der Waals surface area (Å²) in [6.07, 6.45) is -2.12. The predicted molar refractivity (Wildman–Crippen MR) is 300 cm³/mol. The van der Waals surface area contributed by atoms with Gasteiger partial charge in [-0.3, -0.25) is 18.6 Å². The van der Waals surface area contributed by atoms with Crippen molar-refractivity contribution in [2.24, 2.45) is 5.92 Å². The van der Waals surface area contributed by atoms with Crippen LogP contribution in [0.25, 0.3) is 0 Å². The third-order valence-corrected chi connectivity index (χ3v) is 17.1. The zero-order valence-electron chi connectivity index (χ0n) is 49.4. The van der Waals surface area contributed by atoms with Crippen LogP contribution in [0.4, 0.5) is 0 Å². The molecule has 0 aromatic heterocycles. The molecule has 1 aliphatic carbocycles. The van der Waals surface area contributed by atoms with Gasteiger partial charge in [0, 0.05) is 12.8 Å². The Labute approximate surface area is 487 Å². The minimum absolute atomic E-state index is 0.0256. The minimum Gasteiger partial charge on any atom is -0.462 e. The average molecular weight is 1210 g/mol. The predicted octanol–water partition coefficient (Wildman–Crippen LogP) is 5.18. The number of hydrogen-bond donors (Lipinski definition) is 12. The minimum atomic E-state index is -5.63. The first kappa shape index (κ1) is 74.7. The Morgan fingerprint density at radius 2 is 0.805 bits per heavy atom. The maximum atomic E-state index is 14.1. The molecule has 0 bridgehead atoms. The SMILES string of the molecule is CCCCCCCCCCCCCCCCCC(=O)OC(COC(=O)CCCCCCCCC(C)CCCCCCCC)COP(=O)(O)OC1C(OC2OC(CO)C(O)C(O)C2O)C(O)C(O)C(O)C1OC1OC(CO)C(O)C(O)C1O. The van der Waals surface area contributed by atoms with Gasteiger partial charge < -0.3 is 89.5 Å². The van der Waals surface area contributed by atoms with Crippen LogP contribution in [0.5, 0.6) is 0 Å². The summed E-state index contributed by atoms with van der Waals surface area (Å²) >= 11 is 0. The molecular weight excluding hydrogens is 1100 g/mol. The molecule has 17 atom stereocenters. The molecule has 3 rings (SSSR count). The van der Waals surface area contributed by atoms with E-state index >= 15 is 0 Å². The molecule has 12 N–H and O–H groups in total. The second-order valence-corrected chi connectivity index (χ2v) is 24.6. The van der Waals surface area contributed by atoms with E-state index in [1.165, 1.54) is 109 Å². The van der Waals surface area contributed by atoms with Crippen molar-refractivity contribution in [3.8, 4) is 0 Å². The third-order valence-electron chi connectivity index (χ3n) is 16.1. The standard InChI is InChI=1S/C58H109O23P/c1-4-6-8-10-12-13-14-15-16-17-18-19-20-26-30-34-44(62)76-40(37-74-43(61)33-29-25-22-21-24-28-32-39(3)31-27-23-11-9-7-5-2)38-75-82(72,73)81-56-54(79-57-52(70)47(65)45(63)41(35-59)77-57)50(68)49(67)51(69)55(56)80-58-53(71)48(66)46(64)42(36-60)78-58/h39-42,45-60,63-71H,4-38H2,1-3H3,(H,72,73). The van der Waals surface area contributed by atoms with Crippen LogP contribution < -0.4 is 0 Å². The maximum absolute atomic E-state index is 14.1. The van der Waals surface area contributed by atoms with Gasteiger partial charge in [-0.05, 0) is 18.8 Å². The van der Waals surface area contributed by atoms with E-state index in [-0.39, 0.29) is 12.8 Å². The summed E-state index contributed by atoms with van der Waals surface area (Å²) in [7, 11) is -5.63. The normalized spacial score (nSPS) is 31.1. The van der Waals surface area contributed by atoms with E-state index in [4.69, 9.17) is 37.5 Å². The Kier molecular flexibility index (Phi) is 38.6. The lowest BCUT2D eigenvalue weighted by molar-refractivity contribution is -0.360. The van der Waals surface area contributed by atoms with Gasteiger partial charge in [0.25, 0.3) is 0 Å². The van der Waals surface area contributed by atoms with Gasteiger partial charge in [-0.25, -0.2) is 4.57 Å². The lowest BCUT2D eigenvalue weighted by Gasteiger charge is -2.49. The van der Waals surface area contributed by atoms with E-state index < -0.39 is 150 Å². The monoisotopic (exact) mass is 1200 g/mol. The first-order valence-corrected chi connectivity index (χ1v) is 32.8. The van der Waals surface area contributed by atoms with Gasteiger partial charge >= 0.3 is 19.8 Å². The van der Waals surface area contributed by atoms with E-state index in [1.54, 1.807) is 0 Å². The van der Waals surface area contributed by atoms with E-state index in [1.807, 2.05) is 0 Å². The van der Waals surface area contributed by atoms with E-state index in [2.05, 4.69) is 20.8 Å². The summed E-state index contributed by atoms with van der Waals surface area (Å²) in [5.74, 6) is -0.617. The number of esters is 2. The van der Waals surface area contributed by atoms with Crippen molar-refractivity contribution in [2.75, 3.05) is 26.4 Å². The van der Waals surface area contributed by atoms with Gasteiger partial charge in [-0.1, -0.05) is 194 Å². The molecule has 2 saturated heterocycles. The lowest BCUT2D eigenvalue weighted by atomic mass is 9.84. The van der Waals surface area contributed by atoms with Crippen molar-refractivity contribution in [3.63, 3.8) is 0 Å². The highest BCUT2D eigenvalue weighted by Gasteiger charge is 2.58. The van der Waals surface area contributed by atoms with Crippen LogP contribution in [0.2, 0.25) is 0 Å². The van der Waals surface area contributed by atoms with Crippen molar-refractivity contribution in [1.29, 1.82) is 0 Å². The lowest BCUT2D eigenvalue weighted by Crippen LogP contribution is -2.69. The first-order valence-electron chi connectivity index (χ1n) is 31.3. The van der Waals surface area contributed by atoms with E-state index in [0.717, 1.165) is 64.2 Å². The summed E-state index contributed by atoms with van der Waals surface area (Å²) < 4.78 is 58.3. The Morgan fingerprint density at radius 3 is 1.20 bits per heavy atom. The number of phosphoric ester groups is 1. The van der Waals surface area contributed by atoms with E-state index in [9.17, 15) is 75.2 Å². The number of carbonyl (C=O) groups excluding carboxylic acids is 2. The molecule has 0 spiro atoms. The first-order chi connectivity index (χ1) is 39.3. The smallest absolute Gasteiger partial charge is 0.462 e.